The molecule has 10 heteroatoms. The molecule has 1 aliphatic carbocycles. The van der Waals surface area contributed by atoms with Crippen molar-refractivity contribution in [1.29, 1.82) is 0 Å². The van der Waals surface area contributed by atoms with Crippen molar-refractivity contribution >= 4 is 16.0 Å². The summed E-state index contributed by atoms with van der Waals surface area (Å²) in [7, 11) is -3.29. The summed E-state index contributed by atoms with van der Waals surface area (Å²) in [6.45, 7) is 8.92. The van der Waals surface area contributed by atoms with E-state index in [1.54, 1.807) is 6.92 Å². The van der Waals surface area contributed by atoms with Gasteiger partial charge in [0.2, 0.25) is 10.0 Å². The highest BCUT2D eigenvalue weighted by atomic mass is 32.2. The minimum atomic E-state index is -3.29. The number of nitrogens with one attached hydrogen (secondary N) is 3. The first-order valence-corrected chi connectivity index (χ1v) is 12.0. The third-order valence-electron chi connectivity index (χ3n) is 5.07. The Balaban J connectivity index is 1.75. The van der Waals surface area contributed by atoms with Gasteiger partial charge in [-0.15, -0.1) is 0 Å². The van der Waals surface area contributed by atoms with Gasteiger partial charge in [-0.3, -0.25) is 9.89 Å². The fourth-order valence-corrected chi connectivity index (χ4v) is 4.20. The van der Waals surface area contributed by atoms with E-state index in [9.17, 15) is 13.5 Å². The maximum atomic E-state index is 12.1. The third-order valence-corrected chi connectivity index (χ3v) is 6.42. The van der Waals surface area contributed by atoms with Gasteiger partial charge in [-0.05, 0) is 32.6 Å². The van der Waals surface area contributed by atoms with Crippen LogP contribution in [0, 0.1) is 5.92 Å². The lowest BCUT2D eigenvalue weighted by atomic mass is 9.86. The zero-order valence-corrected chi connectivity index (χ0v) is 18.1. The third kappa shape index (κ3) is 9.04. The number of rotatable bonds is 11. The van der Waals surface area contributed by atoms with E-state index < -0.39 is 15.6 Å². The SMILES string of the molecule is CCNC(=NCC(C)(O)CN1CCOCC1)NCCS(=O)(=O)NCC1CCC1. The van der Waals surface area contributed by atoms with E-state index in [0.29, 0.717) is 44.7 Å². The van der Waals surface area contributed by atoms with Crippen LogP contribution in [-0.2, 0) is 14.8 Å². The second-order valence-electron chi connectivity index (χ2n) is 7.97. The van der Waals surface area contributed by atoms with Crippen molar-refractivity contribution in [2.24, 2.45) is 10.9 Å². The predicted molar refractivity (Wildman–Crippen MR) is 111 cm³/mol. The molecule has 2 fully saturated rings. The highest BCUT2D eigenvalue weighted by Gasteiger charge is 2.25. The highest BCUT2D eigenvalue weighted by molar-refractivity contribution is 7.89. The molecule has 2 aliphatic rings. The predicted octanol–water partition coefficient (Wildman–Crippen LogP) is -0.656. The number of morpholine rings is 1. The van der Waals surface area contributed by atoms with Crippen LogP contribution in [0.4, 0.5) is 0 Å². The molecule has 0 aromatic rings. The van der Waals surface area contributed by atoms with Crippen molar-refractivity contribution in [2.75, 3.05) is 64.8 Å². The van der Waals surface area contributed by atoms with Crippen molar-refractivity contribution in [3.8, 4) is 0 Å². The lowest BCUT2D eigenvalue weighted by molar-refractivity contribution is -0.0179. The van der Waals surface area contributed by atoms with E-state index in [-0.39, 0.29) is 18.8 Å². The standard InChI is InChI=1S/C18H37N5O4S/c1-3-19-17(20-7-12-28(25,26)22-13-16-5-4-6-16)21-14-18(2,24)15-23-8-10-27-11-9-23/h16,22,24H,3-15H2,1-2H3,(H2,19,20,21). The maximum absolute atomic E-state index is 12.1. The largest absolute Gasteiger partial charge is 0.387 e. The van der Waals surface area contributed by atoms with Gasteiger partial charge < -0.3 is 20.5 Å². The summed E-state index contributed by atoms with van der Waals surface area (Å²) in [4.78, 5) is 6.60. The summed E-state index contributed by atoms with van der Waals surface area (Å²) < 4.78 is 32.2. The Morgan fingerprint density at radius 3 is 2.61 bits per heavy atom. The van der Waals surface area contributed by atoms with Crippen LogP contribution in [-0.4, -0.2) is 94.8 Å². The van der Waals surface area contributed by atoms with Crippen molar-refractivity contribution in [3.63, 3.8) is 0 Å². The zero-order valence-electron chi connectivity index (χ0n) is 17.2. The first kappa shape index (κ1) is 23.3. The molecule has 9 nitrogen and oxygen atoms in total. The molecule has 1 atom stereocenters. The lowest BCUT2D eigenvalue weighted by Crippen LogP contribution is -2.48. The average Bonchev–Trinajstić information content (AvgIpc) is 2.58. The van der Waals surface area contributed by atoms with Gasteiger partial charge in [-0.1, -0.05) is 6.42 Å². The monoisotopic (exact) mass is 419 g/mol. The number of nitrogens with zero attached hydrogens (tertiary/aromatic N) is 2. The van der Waals surface area contributed by atoms with Crippen LogP contribution in [0.25, 0.3) is 0 Å². The fraction of sp³-hybridized carbons (Fsp3) is 0.944. The van der Waals surface area contributed by atoms with Crippen LogP contribution < -0.4 is 15.4 Å². The summed E-state index contributed by atoms with van der Waals surface area (Å²) in [5, 5.41) is 16.8. The number of hydrogen-bond acceptors (Lipinski definition) is 6. The Kier molecular flexibility index (Phi) is 9.42. The van der Waals surface area contributed by atoms with E-state index in [4.69, 9.17) is 4.74 Å². The van der Waals surface area contributed by atoms with Crippen LogP contribution in [0.2, 0.25) is 0 Å². The molecule has 1 unspecified atom stereocenters. The Morgan fingerprint density at radius 2 is 2.00 bits per heavy atom. The zero-order chi connectivity index (χ0) is 20.5. The molecule has 28 heavy (non-hydrogen) atoms. The molecule has 0 spiro atoms. The van der Waals surface area contributed by atoms with Gasteiger partial charge in [0.25, 0.3) is 0 Å². The molecular formula is C18H37N5O4S. The molecule has 0 aromatic heterocycles. The Hall–Kier alpha value is -0.940. The van der Waals surface area contributed by atoms with Crippen molar-refractivity contribution in [3.05, 3.63) is 0 Å². The van der Waals surface area contributed by atoms with Gasteiger partial charge in [-0.2, -0.15) is 0 Å². The number of aliphatic hydroxyl groups is 1. The van der Waals surface area contributed by atoms with Crippen LogP contribution in [0.1, 0.15) is 33.1 Å². The van der Waals surface area contributed by atoms with Crippen LogP contribution in [0.3, 0.4) is 0 Å². The van der Waals surface area contributed by atoms with Crippen LogP contribution in [0.5, 0.6) is 0 Å². The summed E-state index contributed by atoms with van der Waals surface area (Å²) in [5.74, 6) is 1.00. The normalized spacial score (nSPS) is 21.8. The average molecular weight is 420 g/mol. The number of hydrogen-bond donors (Lipinski definition) is 4. The van der Waals surface area contributed by atoms with Gasteiger partial charge in [0.05, 0.1) is 31.1 Å². The van der Waals surface area contributed by atoms with Gasteiger partial charge in [0, 0.05) is 39.3 Å². The molecule has 1 heterocycles. The first-order valence-electron chi connectivity index (χ1n) is 10.3. The summed E-state index contributed by atoms with van der Waals surface area (Å²) in [5.41, 5.74) is -0.962. The van der Waals surface area contributed by atoms with E-state index >= 15 is 0 Å². The quantitative estimate of drug-likeness (QED) is 0.260. The van der Waals surface area contributed by atoms with Crippen LogP contribution in [0.15, 0.2) is 4.99 Å². The topological polar surface area (TPSA) is 115 Å². The minimum absolute atomic E-state index is 0.00565. The van der Waals surface area contributed by atoms with Crippen molar-refractivity contribution in [1.82, 2.24) is 20.3 Å². The van der Waals surface area contributed by atoms with E-state index in [0.717, 1.165) is 25.9 Å². The molecular weight excluding hydrogens is 382 g/mol. The van der Waals surface area contributed by atoms with Gasteiger partial charge in [-0.25, -0.2) is 13.1 Å². The number of sulfonamides is 1. The van der Waals surface area contributed by atoms with E-state index in [1.807, 2.05) is 6.92 Å². The van der Waals surface area contributed by atoms with Gasteiger partial charge >= 0.3 is 0 Å². The smallest absolute Gasteiger partial charge is 0.213 e. The van der Waals surface area contributed by atoms with E-state index in [2.05, 4.69) is 25.2 Å². The Labute approximate surface area is 169 Å². The molecule has 0 amide bonds. The van der Waals surface area contributed by atoms with Gasteiger partial charge in [0.15, 0.2) is 5.96 Å². The molecule has 1 aliphatic heterocycles. The lowest BCUT2D eigenvalue weighted by Gasteiger charge is -2.33. The molecule has 0 aromatic carbocycles. The second kappa shape index (κ2) is 11.3. The van der Waals surface area contributed by atoms with Crippen LogP contribution >= 0.6 is 0 Å². The molecule has 4 N–H and O–H groups in total. The summed E-state index contributed by atoms with van der Waals surface area (Å²) in [6, 6.07) is 0. The first-order chi connectivity index (χ1) is 13.3. The number of ether oxygens (including phenoxy) is 1. The van der Waals surface area contributed by atoms with Crippen molar-refractivity contribution in [2.45, 2.75) is 38.7 Å². The molecule has 0 radical (unpaired) electrons. The summed E-state index contributed by atoms with van der Waals surface area (Å²) >= 11 is 0. The minimum Gasteiger partial charge on any atom is -0.387 e. The molecule has 0 bridgehead atoms. The second-order valence-corrected chi connectivity index (χ2v) is 9.90. The molecule has 1 saturated carbocycles. The summed E-state index contributed by atoms with van der Waals surface area (Å²) in [6.07, 6.45) is 3.43. The number of guanidine groups is 1. The number of β-amino-alcohol motifs (C(OH)–C–C–N with tert-alkyl or cyclic N) is 1. The van der Waals surface area contributed by atoms with E-state index in [1.165, 1.54) is 6.42 Å². The molecule has 164 valence electrons. The van der Waals surface area contributed by atoms with Gasteiger partial charge in [0.1, 0.15) is 0 Å². The maximum Gasteiger partial charge on any atom is 0.213 e. The fourth-order valence-electron chi connectivity index (χ4n) is 3.20. The Bertz CT molecular complexity index is 587. The molecule has 1 saturated heterocycles. The highest BCUT2D eigenvalue weighted by Crippen LogP contribution is 2.25. The number of aliphatic imine (C=N–C) groups is 1. The molecule has 2 rings (SSSR count). The van der Waals surface area contributed by atoms with Crippen molar-refractivity contribution < 1.29 is 18.3 Å². The Morgan fingerprint density at radius 1 is 1.29 bits per heavy atom.